The molecule has 0 aliphatic carbocycles. The molecule has 0 aliphatic heterocycles. The van der Waals surface area contributed by atoms with Crippen LogP contribution in [0.2, 0.25) is 0 Å². The molecule has 0 heterocycles. The lowest BCUT2D eigenvalue weighted by Crippen LogP contribution is -2.06. The Morgan fingerprint density at radius 3 is 2.04 bits per heavy atom. The fraction of sp³-hybridized carbons (Fsp3) is 0.650. The van der Waals surface area contributed by atoms with Crippen LogP contribution >= 0.6 is 0 Å². The molecule has 1 aromatic rings. The zero-order valence-electron chi connectivity index (χ0n) is 14.6. The Kier molecular flexibility index (Phi) is 11.0. The van der Waals surface area contributed by atoms with Gasteiger partial charge >= 0.3 is 5.97 Å². The van der Waals surface area contributed by atoms with E-state index in [4.69, 9.17) is 4.74 Å². The molecule has 0 bridgehead atoms. The van der Waals surface area contributed by atoms with Crippen LogP contribution in [0.15, 0.2) is 24.3 Å². The van der Waals surface area contributed by atoms with Gasteiger partial charge in [-0.3, -0.25) is 0 Å². The van der Waals surface area contributed by atoms with E-state index in [2.05, 4.69) is 6.92 Å². The van der Waals surface area contributed by atoms with Gasteiger partial charge in [0.1, 0.15) is 5.75 Å². The number of aromatic hydroxyl groups is 1. The van der Waals surface area contributed by atoms with E-state index in [1.165, 1.54) is 63.9 Å². The van der Waals surface area contributed by atoms with Crippen molar-refractivity contribution in [2.75, 3.05) is 6.61 Å². The maximum atomic E-state index is 11.7. The van der Waals surface area contributed by atoms with Crippen LogP contribution in [0.5, 0.6) is 5.75 Å². The van der Waals surface area contributed by atoms with Crippen molar-refractivity contribution in [3.05, 3.63) is 29.8 Å². The van der Waals surface area contributed by atoms with Crippen LogP contribution in [0, 0.1) is 0 Å². The summed E-state index contributed by atoms with van der Waals surface area (Å²) in [6, 6.07) is 6.28. The van der Waals surface area contributed by atoms with Crippen LogP contribution in [0.3, 0.4) is 0 Å². The molecule has 0 atom stereocenters. The zero-order chi connectivity index (χ0) is 16.8. The summed E-state index contributed by atoms with van der Waals surface area (Å²) in [5.74, 6) is -0.262. The Morgan fingerprint density at radius 2 is 1.48 bits per heavy atom. The Balaban J connectivity index is 1.91. The second kappa shape index (κ2) is 13.0. The maximum absolute atomic E-state index is 11.7. The summed E-state index contributed by atoms with van der Waals surface area (Å²) in [5.41, 5.74) is 0.410. The topological polar surface area (TPSA) is 46.5 Å². The highest BCUT2D eigenvalue weighted by Crippen LogP contribution is 2.13. The predicted molar refractivity (Wildman–Crippen MR) is 94.9 cm³/mol. The van der Waals surface area contributed by atoms with Crippen molar-refractivity contribution in [3.8, 4) is 5.75 Å². The SMILES string of the molecule is CCCCCCCCCCCCCOC(=O)c1cccc(O)c1. The van der Waals surface area contributed by atoms with Gasteiger partial charge in [0.05, 0.1) is 12.2 Å². The Hall–Kier alpha value is -1.51. The lowest BCUT2D eigenvalue weighted by molar-refractivity contribution is 0.0497. The molecule has 23 heavy (non-hydrogen) atoms. The minimum atomic E-state index is -0.354. The van der Waals surface area contributed by atoms with Gasteiger partial charge in [-0.15, -0.1) is 0 Å². The molecule has 3 nitrogen and oxygen atoms in total. The Labute approximate surface area is 141 Å². The molecule has 0 radical (unpaired) electrons. The van der Waals surface area contributed by atoms with E-state index in [1.807, 2.05) is 0 Å². The van der Waals surface area contributed by atoms with E-state index in [-0.39, 0.29) is 11.7 Å². The standard InChI is InChI=1S/C20H32O3/c1-2-3-4-5-6-7-8-9-10-11-12-16-23-20(22)18-14-13-15-19(21)17-18/h13-15,17,21H,2-12,16H2,1H3. The number of esters is 1. The number of ether oxygens (including phenoxy) is 1. The Bertz CT molecular complexity index is 429. The first kappa shape index (κ1) is 19.5. The van der Waals surface area contributed by atoms with E-state index < -0.39 is 0 Å². The summed E-state index contributed by atoms with van der Waals surface area (Å²) in [4.78, 5) is 11.7. The van der Waals surface area contributed by atoms with Gasteiger partial charge in [-0.1, -0.05) is 77.2 Å². The molecule has 0 saturated carbocycles. The monoisotopic (exact) mass is 320 g/mol. The molecule has 1 rings (SSSR count). The van der Waals surface area contributed by atoms with Crippen molar-refractivity contribution >= 4 is 5.97 Å². The summed E-state index contributed by atoms with van der Waals surface area (Å²) >= 11 is 0. The molecule has 0 spiro atoms. The molecule has 130 valence electrons. The number of unbranched alkanes of at least 4 members (excludes halogenated alkanes) is 10. The van der Waals surface area contributed by atoms with E-state index in [9.17, 15) is 9.90 Å². The second-order valence-electron chi connectivity index (χ2n) is 6.22. The quantitative estimate of drug-likeness (QED) is 0.366. The summed E-state index contributed by atoms with van der Waals surface area (Å²) in [6.07, 6.45) is 14.1. The summed E-state index contributed by atoms with van der Waals surface area (Å²) in [6.45, 7) is 2.71. The van der Waals surface area contributed by atoms with Crippen LogP contribution in [0.25, 0.3) is 0 Å². The molecule has 0 aliphatic rings. The van der Waals surface area contributed by atoms with E-state index in [1.54, 1.807) is 18.2 Å². The molecule has 0 unspecified atom stereocenters. The first-order valence-corrected chi connectivity index (χ1v) is 9.20. The van der Waals surface area contributed by atoms with Gasteiger partial charge in [0.2, 0.25) is 0 Å². The molecule has 0 saturated heterocycles. The van der Waals surface area contributed by atoms with Crippen LogP contribution in [-0.2, 0) is 4.74 Å². The number of hydrogen-bond donors (Lipinski definition) is 1. The largest absolute Gasteiger partial charge is 0.508 e. The first-order valence-electron chi connectivity index (χ1n) is 9.20. The molecule has 1 aromatic carbocycles. The number of phenols is 1. The molecular formula is C20H32O3. The third-order valence-electron chi connectivity index (χ3n) is 4.06. The van der Waals surface area contributed by atoms with Crippen molar-refractivity contribution in [1.82, 2.24) is 0 Å². The van der Waals surface area contributed by atoms with Crippen molar-refractivity contribution in [2.45, 2.75) is 77.6 Å². The van der Waals surface area contributed by atoms with Crippen molar-refractivity contribution in [2.24, 2.45) is 0 Å². The van der Waals surface area contributed by atoms with E-state index in [0.717, 1.165) is 12.8 Å². The predicted octanol–water partition coefficient (Wildman–Crippen LogP) is 5.86. The minimum Gasteiger partial charge on any atom is -0.508 e. The van der Waals surface area contributed by atoms with Crippen LogP contribution in [0.1, 0.15) is 87.9 Å². The molecular weight excluding hydrogens is 288 g/mol. The molecule has 3 heteroatoms. The molecule has 0 aromatic heterocycles. The smallest absolute Gasteiger partial charge is 0.338 e. The fourth-order valence-electron chi connectivity index (χ4n) is 2.65. The summed E-state index contributed by atoms with van der Waals surface area (Å²) in [7, 11) is 0. The number of carbonyl (C=O) groups is 1. The Morgan fingerprint density at radius 1 is 0.913 bits per heavy atom. The van der Waals surface area contributed by atoms with Gasteiger partial charge in [-0.25, -0.2) is 4.79 Å². The van der Waals surface area contributed by atoms with Gasteiger partial charge in [0.15, 0.2) is 0 Å². The van der Waals surface area contributed by atoms with E-state index in [0.29, 0.717) is 12.2 Å². The summed E-state index contributed by atoms with van der Waals surface area (Å²) in [5, 5.41) is 9.33. The minimum absolute atomic E-state index is 0.0918. The van der Waals surface area contributed by atoms with Crippen molar-refractivity contribution < 1.29 is 14.6 Å². The number of carbonyl (C=O) groups excluding carboxylic acids is 1. The molecule has 1 N–H and O–H groups in total. The third-order valence-corrected chi connectivity index (χ3v) is 4.06. The van der Waals surface area contributed by atoms with Gasteiger partial charge in [0, 0.05) is 0 Å². The lowest BCUT2D eigenvalue weighted by Gasteiger charge is -2.05. The normalized spacial score (nSPS) is 10.7. The van der Waals surface area contributed by atoms with Gasteiger partial charge in [-0.2, -0.15) is 0 Å². The van der Waals surface area contributed by atoms with Crippen molar-refractivity contribution in [1.29, 1.82) is 0 Å². The number of phenolic OH excluding ortho intramolecular Hbond substituents is 1. The third kappa shape index (κ3) is 9.98. The number of hydrogen-bond acceptors (Lipinski definition) is 3. The average molecular weight is 320 g/mol. The highest BCUT2D eigenvalue weighted by Gasteiger charge is 2.06. The number of benzene rings is 1. The van der Waals surface area contributed by atoms with Crippen LogP contribution in [-0.4, -0.2) is 17.7 Å². The lowest BCUT2D eigenvalue weighted by atomic mass is 10.1. The zero-order valence-corrected chi connectivity index (χ0v) is 14.6. The van der Waals surface area contributed by atoms with Gasteiger partial charge < -0.3 is 9.84 Å². The van der Waals surface area contributed by atoms with Crippen LogP contribution < -0.4 is 0 Å². The first-order chi connectivity index (χ1) is 11.2. The fourth-order valence-corrected chi connectivity index (χ4v) is 2.65. The number of rotatable bonds is 13. The van der Waals surface area contributed by atoms with Crippen LogP contribution in [0.4, 0.5) is 0 Å². The van der Waals surface area contributed by atoms with Crippen molar-refractivity contribution in [3.63, 3.8) is 0 Å². The highest BCUT2D eigenvalue weighted by atomic mass is 16.5. The maximum Gasteiger partial charge on any atom is 0.338 e. The second-order valence-corrected chi connectivity index (χ2v) is 6.22. The van der Waals surface area contributed by atoms with Gasteiger partial charge in [-0.05, 0) is 24.6 Å². The highest BCUT2D eigenvalue weighted by molar-refractivity contribution is 5.89. The average Bonchev–Trinajstić information content (AvgIpc) is 2.55. The molecule has 0 amide bonds. The summed E-state index contributed by atoms with van der Waals surface area (Å²) < 4.78 is 5.22. The van der Waals surface area contributed by atoms with E-state index >= 15 is 0 Å². The van der Waals surface area contributed by atoms with Gasteiger partial charge in [0.25, 0.3) is 0 Å². The molecule has 0 fully saturated rings.